The van der Waals surface area contributed by atoms with Crippen LogP contribution < -0.4 is 16.6 Å². The Morgan fingerprint density at radius 2 is 1.97 bits per heavy atom. The molecule has 29 heavy (non-hydrogen) atoms. The number of benzene rings is 1. The maximum Gasteiger partial charge on any atom is 0.336 e. The third-order valence-electron chi connectivity index (χ3n) is 4.64. The smallest absolute Gasteiger partial charge is 0.308 e. The molecule has 3 aromatic heterocycles. The molecular formula is C20H19N5O3S. The Morgan fingerprint density at radius 1 is 1.17 bits per heavy atom. The normalized spacial score (nSPS) is 11.1. The van der Waals surface area contributed by atoms with Gasteiger partial charge in [0.1, 0.15) is 11.2 Å². The van der Waals surface area contributed by atoms with Crippen LogP contribution in [0.2, 0.25) is 0 Å². The Morgan fingerprint density at radius 3 is 2.69 bits per heavy atom. The Balaban J connectivity index is 1.85. The second-order valence-electron chi connectivity index (χ2n) is 6.92. The van der Waals surface area contributed by atoms with Gasteiger partial charge in [0.2, 0.25) is 5.91 Å². The van der Waals surface area contributed by atoms with Gasteiger partial charge in [-0.2, -0.15) is 5.10 Å². The Labute approximate surface area is 169 Å². The van der Waals surface area contributed by atoms with Gasteiger partial charge in [0.15, 0.2) is 5.82 Å². The number of aromatic amines is 1. The van der Waals surface area contributed by atoms with E-state index in [0.717, 1.165) is 21.4 Å². The quantitative estimate of drug-likeness (QED) is 0.541. The van der Waals surface area contributed by atoms with Crippen molar-refractivity contribution in [3.8, 4) is 5.69 Å². The van der Waals surface area contributed by atoms with Crippen LogP contribution in [-0.4, -0.2) is 25.2 Å². The summed E-state index contributed by atoms with van der Waals surface area (Å²) < 4.78 is 2.89. The van der Waals surface area contributed by atoms with Crippen molar-refractivity contribution in [1.29, 1.82) is 0 Å². The zero-order valence-corrected chi connectivity index (χ0v) is 17.0. The average molecular weight is 409 g/mol. The molecule has 0 saturated heterocycles. The van der Waals surface area contributed by atoms with Gasteiger partial charge in [-0.15, -0.1) is 11.3 Å². The first-order chi connectivity index (χ1) is 13.8. The van der Waals surface area contributed by atoms with E-state index in [1.54, 1.807) is 23.6 Å². The van der Waals surface area contributed by atoms with Gasteiger partial charge in [-0.25, -0.2) is 9.36 Å². The lowest BCUT2D eigenvalue weighted by atomic mass is 10.1. The molecule has 0 aliphatic carbocycles. The molecule has 0 fully saturated rings. The molecule has 1 aromatic carbocycles. The Hall–Kier alpha value is -3.46. The number of anilines is 1. The van der Waals surface area contributed by atoms with E-state index in [1.165, 1.54) is 15.9 Å². The van der Waals surface area contributed by atoms with Crippen LogP contribution in [0.1, 0.15) is 16.8 Å². The van der Waals surface area contributed by atoms with Crippen molar-refractivity contribution in [2.75, 3.05) is 5.32 Å². The Kier molecular flexibility index (Phi) is 4.67. The summed E-state index contributed by atoms with van der Waals surface area (Å²) in [4.78, 5) is 38.9. The van der Waals surface area contributed by atoms with E-state index in [1.807, 2.05) is 32.9 Å². The second-order valence-corrected chi connectivity index (χ2v) is 7.83. The molecule has 8 nitrogen and oxygen atoms in total. The van der Waals surface area contributed by atoms with Crippen molar-refractivity contribution in [2.45, 2.75) is 27.3 Å². The number of carbonyl (C=O) groups excluding carboxylic acids is 1. The van der Waals surface area contributed by atoms with E-state index >= 15 is 0 Å². The number of nitrogens with one attached hydrogen (secondary N) is 2. The van der Waals surface area contributed by atoms with E-state index in [2.05, 4.69) is 15.5 Å². The van der Waals surface area contributed by atoms with Crippen molar-refractivity contribution >= 4 is 33.3 Å². The molecule has 4 rings (SSSR count). The van der Waals surface area contributed by atoms with Crippen molar-refractivity contribution in [3.05, 3.63) is 73.4 Å². The molecule has 0 aliphatic heterocycles. The number of thiophene rings is 1. The number of aromatic nitrogens is 4. The van der Waals surface area contributed by atoms with Gasteiger partial charge in [-0.1, -0.05) is 12.1 Å². The predicted octanol–water partition coefficient (Wildman–Crippen LogP) is 2.50. The molecule has 3 heterocycles. The highest BCUT2D eigenvalue weighted by Gasteiger charge is 2.19. The summed E-state index contributed by atoms with van der Waals surface area (Å²) in [7, 11) is 0. The third-order valence-corrected chi connectivity index (χ3v) is 5.53. The second kappa shape index (κ2) is 7.17. The van der Waals surface area contributed by atoms with Gasteiger partial charge in [-0.05, 0) is 49.4 Å². The summed E-state index contributed by atoms with van der Waals surface area (Å²) in [6.45, 7) is 5.33. The number of hydrogen-bond acceptors (Lipinski definition) is 5. The first kappa shape index (κ1) is 18.9. The van der Waals surface area contributed by atoms with E-state index in [9.17, 15) is 14.4 Å². The van der Waals surface area contributed by atoms with Gasteiger partial charge in [0, 0.05) is 11.8 Å². The van der Waals surface area contributed by atoms with Gasteiger partial charge in [0.05, 0.1) is 11.2 Å². The molecule has 0 aliphatic rings. The van der Waals surface area contributed by atoms with Gasteiger partial charge in [0.25, 0.3) is 5.56 Å². The number of hydrogen-bond donors (Lipinski definition) is 2. The highest BCUT2D eigenvalue weighted by molar-refractivity contribution is 7.17. The van der Waals surface area contributed by atoms with Crippen LogP contribution in [0, 0.1) is 20.8 Å². The minimum atomic E-state index is -0.553. The minimum absolute atomic E-state index is 0.233. The molecule has 148 valence electrons. The average Bonchev–Trinajstić information content (AvgIpc) is 3.31. The summed E-state index contributed by atoms with van der Waals surface area (Å²) in [5, 5.41) is 11.1. The molecule has 0 spiro atoms. The van der Waals surface area contributed by atoms with Gasteiger partial charge < -0.3 is 5.32 Å². The zero-order valence-electron chi connectivity index (χ0n) is 16.1. The predicted molar refractivity (Wildman–Crippen MR) is 113 cm³/mol. The number of amides is 1. The largest absolute Gasteiger partial charge is 0.336 e. The summed E-state index contributed by atoms with van der Waals surface area (Å²) in [6, 6.07) is 8.96. The number of fused-ring (bicyclic) bond motifs is 1. The maximum atomic E-state index is 13.3. The Bertz CT molecular complexity index is 1360. The molecule has 0 bridgehead atoms. The highest BCUT2D eigenvalue weighted by Crippen LogP contribution is 2.18. The first-order valence-electron chi connectivity index (χ1n) is 8.97. The number of aryl methyl sites for hydroxylation is 3. The number of carbonyl (C=O) groups is 1. The summed E-state index contributed by atoms with van der Waals surface area (Å²) in [6.07, 6.45) is 0. The molecule has 0 saturated carbocycles. The van der Waals surface area contributed by atoms with Crippen molar-refractivity contribution in [1.82, 2.24) is 19.3 Å². The summed E-state index contributed by atoms with van der Waals surface area (Å²) in [5.74, 6) is -0.0257. The van der Waals surface area contributed by atoms with Crippen molar-refractivity contribution in [2.24, 2.45) is 0 Å². The minimum Gasteiger partial charge on any atom is -0.308 e. The lowest BCUT2D eigenvalue weighted by Crippen LogP contribution is -2.40. The van der Waals surface area contributed by atoms with Crippen LogP contribution in [-0.2, 0) is 11.3 Å². The first-order valence-corrected chi connectivity index (χ1v) is 9.85. The van der Waals surface area contributed by atoms with Crippen LogP contribution in [0.25, 0.3) is 15.9 Å². The van der Waals surface area contributed by atoms with Gasteiger partial charge in [-0.3, -0.25) is 19.3 Å². The van der Waals surface area contributed by atoms with Crippen molar-refractivity contribution < 1.29 is 4.79 Å². The molecule has 0 atom stereocenters. The monoisotopic (exact) mass is 409 g/mol. The van der Waals surface area contributed by atoms with Crippen LogP contribution in [0.5, 0.6) is 0 Å². The zero-order chi connectivity index (χ0) is 20.7. The molecule has 1 amide bonds. The highest BCUT2D eigenvalue weighted by atomic mass is 32.1. The van der Waals surface area contributed by atoms with Gasteiger partial charge >= 0.3 is 5.69 Å². The topological polar surface area (TPSA) is 102 Å². The number of nitrogens with zero attached hydrogens (tertiary/aromatic N) is 3. The lowest BCUT2D eigenvalue weighted by molar-refractivity contribution is -0.116. The van der Waals surface area contributed by atoms with E-state index < -0.39 is 11.6 Å². The molecule has 4 aromatic rings. The van der Waals surface area contributed by atoms with Crippen LogP contribution in [0.3, 0.4) is 0 Å². The maximum absolute atomic E-state index is 13.3. The standard InChI is InChI=1S/C20H19N5O3S/c1-11-4-5-12(2)15(8-11)25-19(27)18-14(6-7-29-18)24(20(25)28)10-17(26)21-16-9-13(3)22-23-16/h4-9H,10H2,1-3H3,(H2,21,22,23,26). The lowest BCUT2D eigenvalue weighted by Gasteiger charge is -2.14. The molecular weight excluding hydrogens is 390 g/mol. The molecule has 0 radical (unpaired) electrons. The summed E-state index contributed by atoms with van der Waals surface area (Å²) >= 11 is 1.25. The molecule has 9 heteroatoms. The fraction of sp³-hybridized carbons (Fsp3) is 0.200. The van der Waals surface area contributed by atoms with Crippen molar-refractivity contribution in [3.63, 3.8) is 0 Å². The van der Waals surface area contributed by atoms with E-state index in [0.29, 0.717) is 21.7 Å². The fourth-order valence-electron chi connectivity index (χ4n) is 3.22. The SMILES string of the molecule is Cc1ccc(C)c(-n2c(=O)c3sccc3n(CC(=O)Nc3cc(C)[nH]n3)c2=O)c1. The summed E-state index contributed by atoms with van der Waals surface area (Å²) in [5.41, 5.74) is 2.57. The number of rotatable bonds is 4. The molecule has 2 N–H and O–H groups in total. The van der Waals surface area contributed by atoms with Crippen LogP contribution in [0.4, 0.5) is 5.82 Å². The van der Waals surface area contributed by atoms with E-state index in [4.69, 9.17) is 0 Å². The third kappa shape index (κ3) is 3.40. The fourth-order valence-corrected chi connectivity index (χ4v) is 4.04. The van der Waals surface area contributed by atoms with E-state index in [-0.39, 0.29) is 12.1 Å². The molecule has 0 unspecified atom stereocenters. The van der Waals surface area contributed by atoms with Crippen LogP contribution in [0.15, 0.2) is 45.3 Å². The van der Waals surface area contributed by atoms with Crippen LogP contribution >= 0.6 is 11.3 Å². The number of H-pyrrole nitrogens is 1.